The van der Waals surface area contributed by atoms with E-state index >= 15 is 0 Å². The number of benzene rings is 1. The molecule has 1 aromatic rings. The zero-order chi connectivity index (χ0) is 16.1. The Hall–Kier alpha value is -1.84. The molecule has 1 aromatic carbocycles. The van der Waals surface area contributed by atoms with Gasteiger partial charge in [0, 0.05) is 5.54 Å². The van der Waals surface area contributed by atoms with Gasteiger partial charge >= 0.3 is 6.09 Å². The third-order valence-corrected chi connectivity index (χ3v) is 2.91. The second kappa shape index (κ2) is 6.74. The summed E-state index contributed by atoms with van der Waals surface area (Å²) in [6, 6.07) is 6.26. The minimum atomic E-state index is -0.547. The standard InChI is InChI=1S/C17H24FNO2/c1-6-11-17(5,19-15(20)21-16(2,3)4)12-13-7-9-14(18)10-8-13/h6-10H,1,11-12H2,2-5H3,(H,19,20)/t17-/m1/s1. The maximum Gasteiger partial charge on any atom is 0.408 e. The molecule has 0 saturated carbocycles. The molecule has 1 N–H and O–H groups in total. The summed E-state index contributed by atoms with van der Waals surface area (Å²) in [7, 11) is 0. The summed E-state index contributed by atoms with van der Waals surface area (Å²) in [5.74, 6) is -0.274. The van der Waals surface area contributed by atoms with Crippen LogP contribution in [0.15, 0.2) is 36.9 Å². The SMILES string of the molecule is C=CC[C@](C)(Cc1ccc(F)cc1)NC(=O)OC(C)(C)C. The first kappa shape index (κ1) is 17.2. The smallest absolute Gasteiger partial charge is 0.408 e. The van der Waals surface area contributed by atoms with E-state index in [2.05, 4.69) is 11.9 Å². The lowest BCUT2D eigenvalue weighted by molar-refractivity contribution is 0.0464. The molecule has 21 heavy (non-hydrogen) atoms. The Morgan fingerprint density at radius 1 is 1.29 bits per heavy atom. The zero-order valence-electron chi connectivity index (χ0n) is 13.2. The lowest BCUT2D eigenvalue weighted by atomic mass is 9.89. The molecule has 0 aliphatic rings. The summed E-state index contributed by atoms with van der Waals surface area (Å²) in [5.41, 5.74) is -0.131. The van der Waals surface area contributed by atoms with Crippen LogP contribution < -0.4 is 5.32 Å². The van der Waals surface area contributed by atoms with Crippen molar-refractivity contribution in [2.45, 2.75) is 51.7 Å². The molecule has 4 heteroatoms. The summed E-state index contributed by atoms with van der Waals surface area (Å²) in [5, 5.41) is 2.89. The molecule has 1 atom stereocenters. The van der Waals surface area contributed by atoms with Gasteiger partial charge in [-0.2, -0.15) is 0 Å². The third-order valence-electron chi connectivity index (χ3n) is 2.91. The molecular formula is C17H24FNO2. The summed E-state index contributed by atoms with van der Waals surface area (Å²) >= 11 is 0. The normalized spacial score (nSPS) is 14.1. The molecule has 0 unspecified atom stereocenters. The highest BCUT2D eigenvalue weighted by atomic mass is 19.1. The van der Waals surface area contributed by atoms with Crippen molar-refractivity contribution in [1.82, 2.24) is 5.32 Å². The number of carbonyl (C=O) groups is 1. The van der Waals surface area contributed by atoms with Crippen molar-refractivity contribution >= 4 is 6.09 Å². The largest absolute Gasteiger partial charge is 0.444 e. The molecule has 0 aliphatic carbocycles. The van der Waals surface area contributed by atoms with Crippen molar-refractivity contribution in [1.29, 1.82) is 0 Å². The second-order valence-corrected chi connectivity index (χ2v) is 6.48. The van der Waals surface area contributed by atoms with Crippen molar-refractivity contribution in [3.8, 4) is 0 Å². The van der Waals surface area contributed by atoms with E-state index in [9.17, 15) is 9.18 Å². The van der Waals surface area contributed by atoms with Gasteiger partial charge in [-0.05, 0) is 58.2 Å². The Morgan fingerprint density at radius 3 is 2.33 bits per heavy atom. The van der Waals surface area contributed by atoms with Crippen LogP contribution in [-0.2, 0) is 11.2 Å². The summed E-state index contributed by atoms with van der Waals surface area (Å²) in [4.78, 5) is 12.0. The molecule has 0 fully saturated rings. The summed E-state index contributed by atoms with van der Waals surface area (Å²) < 4.78 is 18.2. The number of nitrogens with one attached hydrogen (secondary N) is 1. The average Bonchev–Trinajstić information content (AvgIpc) is 2.29. The zero-order valence-corrected chi connectivity index (χ0v) is 13.2. The van der Waals surface area contributed by atoms with Gasteiger partial charge in [-0.25, -0.2) is 9.18 Å². The van der Waals surface area contributed by atoms with Crippen LogP contribution in [0, 0.1) is 5.82 Å². The van der Waals surface area contributed by atoms with Crippen LogP contribution in [0.4, 0.5) is 9.18 Å². The predicted molar refractivity (Wildman–Crippen MR) is 82.7 cm³/mol. The molecule has 0 radical (unpaired) electrons. The van der Waals surface area contributed by atoms with E-state index in [-0.39, 0.29) is 5.82 Å². The van der Waals surface area contributed by atoms with Crippen molar-refractivity contribution in [3.63, 3.8) is 0 Å². The number of halogens is 1. The fraction of sp³-hybridized carbons (Fsp3) is 0.471. The van der Waals surface area contributed by atoms with Gasteiger partial charge in [-0.3, -0.25) is 0 Å². The van der Waals surface area contributed by atoms with Gasteiger partial charge in [-0.15, -0.1) is 6.58 Å². The Kier molecular flexibility index (Phi) is 5.53. The van der Waals surface area contributed by atoms with Crippen LogP contribution in [0.2, 0.25) is 0 Å². The molecule has 0 spiro atoms. The molecular weight excluding hydrogens is 269 g/mol. The van der Waals surface area contributed by atoms with Gasteiger partial charge in [0.2, 0.25) is 0 Å². The van der Waals surface area contributed by atoms with Gasteiger partial charge in [0.25, 0.3) is 0 Å². The minimum Gasteiger partial charge on any atom is -0.444 e. The Labute approximate surface area is 126 Å². The van der Waals surface area contributed by atoms with E-state index in [0.29, 0.717) is 12.8 Å². The highest BCUT2D eigenvalue weighted by Gasteiger charge is 2.28. The lowest BCUT2D eigenvalue weighted by Gasteiger charge is -2.31. The van der Waals surface area contributed by atoms with E-state index in [4.69, 9.17) is 4.74 Å². The fourth-order valence-corrected chi connectivity index (χ4v) is 2.09. The monoisotopic (exact) mass is 293 g/mol. The van der Waals surface area contributed by atoms with Gasteiger partial charge in [0.15, 0.2) is 0 Å². The molecule has 0 saturated heterocycles. The summed E-state index contributed by atoms with van der Waals surface area (Å²) in [6.07, 6.45) is 2.44. The van der Waals surface area contributed by atoms with E-state index in [1.54, 1.807) is 18.2 Å². The molecule has 1 amide bonds. The Balaban J connectivity index is 2.79. The van der Waals surface area contributed by atoms with Crippen molar-refractivity contribution in [3.05, 3.63) is 48.3 Å². The highest BCUT2D eigenvalue weighted by molar-refractivity contribution is 5.68. The van der Waals surface area contributed by atoms with Crippen LogP contribution in [0.1, 0.15) is 39.7 Å². The first-order valence-corrected chi connectivity index (χ1v) is 7.00. The maximum absolute atomic E-state index is 13.0. The van der Waals surface area contributed by atoms with Gasteiger partial charge in [0.1, 0.15) is 11.4 Å². The topological polar surface area (TPSA) is 38.3 Å². The van der Waals surface area contributed by atoms with Crippen LogP contribution >= 0.6 is 0 Å². The van der Waals surface area contributed by atoms with E-state index in [1.165, 1.54) is 12.1 Å². The van der Waals surface area contributed by atoms with Gasteiger partial charge < -0.3 is 10.1 Å². The van der Waals surface area contributed by atoms with Crippen LogP contribution in [0.3, 0.4) is 0 Å². The Morgan fingerprint density at radius 2 is 1.86 bits per heavy atom. The molecule has 116 valence electrons. The fourth-order valence-electron chi connectivity index (χ4n) is 2.09. The molecule has 3 nitrogen and oxygen atoms in total. The van der Waals surface area contributed by atoms with Crippen molar-refractivity contribution in [2.75, 3.05) is 0 Å². The predicted octanol–water partition coefficient (Wildman–Crippen LogP) is 4.23. The van der Waals surface area contributed by atoms with E-state index < -0.39 is 17.2 Å². The van der Waals surface area contributed by atoms with Crippen molar-refractivity contribution < 1.29 is 13.9 Å². The quantitative estimate of drug-likeness (QED) is 0.825. The number of hydrogen-bond donors (Lipinski definition) is 1. The number of hydrogen-bond acceptors (Lipinski definition) is 2. The van der Waals surface area contributed by atoms with Crippen molar-refractivity contribution in [2.24, 2.45) is 0 Å². The van der Waals surface area contributed by atoms with Crippen LogP contribution in [-0.4, -0.2) is 17.2 Å². The van der Waals surface area contributed by atoms with Gasteiger partial charge in [-0.1, -0.05) is 18.2 Å². The number of amides is 1. The molecule has 0 aliphatic heterocycles. The first-order valence-electron chi connectivity index (χ1n) is 7.00. The van der Waals surface area contributed by atoms with Crippen LogP contribution in [0.25, 0.3) is 0 Å². The van der Waals surface area contributed by atoms with Gasteiger partial charge in [0.05, 0.1) is 0 Å². The molecule has 0 aromatic heterocycles. The van der Waals surface area contributed by atoms with Crippen LogP contribution in [0.5, 0.6) is 0 Å². The number of carbonyl (C=O) groups excluding carboxylic acids is 1. The number of rotatable bonds is 5. The number of alkyl carbamates (subject to hydrolysis) is 1. The third kappa shape index (κ3) is 6.43. The van der Waals surface area contributed by atoms with E-state index in [0.717, 1.165) is 5.56 Å². The molecule has 1 rings (SSSR count). The Bertz CT molecular complexity index is 491. The highest BCUT2D eigenvalue weighted by Crippen LogP contribution is 2.19. The number of ether oxygens (including phenoxy) is 1. The maximum atomic E-state index is 13.0. The first-order chi connectivity index (χ1) is 9.63. The molecule has 0 heterocycles. The lowest BCUT2D eigenvalue weighted by Crippen LogP contribution is -2.49. The average molecular weight is 293 g/mol. The summed E-state index contributed by atoms with van der Waals surface area (Å²) in [6.45, 7) is 11.1. The van der Waals surface area contributed by atoms with E-state index in [1.807, 2.05) is 27.7 Å². The second-order valence-electron chi connectivity index (χ2n) is 6.48. The minimum absolute atomic E-state index is 0.274. The molecule has 0 bridgehead atoms.